The maximum atomic E-state index is 4.61. The zero-order valence-corrected chi connectivity index (χ0v) is 14.0. The van der Waals surface area contributed by atoms with Crippen LogP contribution in [0, 0.1) is 6.92 Å². The van der Waals surface area contributed by atoms with Crippen LogP contribution >= 0.6 is 0 Å². The number of hydrogen-bond donors (Lipinski definition) is 2. The number of aromatic amines is 2. The fourth-order valence-corrected chi connectivity index (χ4v) is 3.58. The Morgan fingerprint density at radius 3 is 2.92 bits per heavy atom. The first-order valence-electron chi connectivity index (χ1n) is 8.25. The van der Waals surface area contributed by atoms with E-state index >= 15 is 0 Å². The molecule has 5 nitrogen and oxygen atoms in total. The summed E-state index contributed by atoms with van der Waals surface area (Å²) in [5, 5.41) is 10.1. The molecule has 0 unspecified atom stereocenters. The molecule has 4 aromatic heterocycles. The van der Waals surface area contributed by atoms with E-state index in [4.69, 9.17) is 0 Å². The standard InChI is InChI=1S/C20H17N5/c1-12-18(14-3-4-17-13(11-14)7-10-25(17)2)19(24-23-12)15-5-8-21-20-16(15)6-9-22-20/h3-11H,1-2H3,(H,21,22)(H,23,24). The van der Waals surface area contributed by atoms with Crippen molar-refractivity contribution in [2.75, 3.05) is 0 Å². The smallest absolute Gasteiger partial charge is 0.137 e. The molecule has 1 aromatic carbocycles. The number of aromatic nitrogens is 5. The second-order valence-corrected chi connectivity index (χ2v) is 6.37. The summed E-state index contributed by atoms with van der Waals surface area (Å²) in [6, 6.07) is 12.8. The maximum Gasteiger partial charge on any atom is 0.137 e. The third-order valence-corrected chi connectivity index (χ3v) is 4.84. The topological polar surface area (TPSA) is 62.3 Å². The lowest BCUT2D eigenvalue weighted by atomic mass is 9.97. The van der Waals surface area contributed by atoms with Gasteiger partial charge in [-0.3, -0.25) is 5.10 Å². The highest BCUT2D eigenvalue weighted by Crippen LogP contribution is 2.36. The van der Waals surface area contributed by atoms with E-state index in [0.29, 0.717) is 0 Å². The Bertz CT molecular complexity index is 1220. The van der Waals surface area contributed by atoms with Crippen LogP contribution in [0.15, 0.2) is 55.0 Å². The highest BCUT2D eigenvalue weighted by molar-refractivity contribution is 5.98. The Hall–Kier alpha value is -3.34. The Balaban J connectivity index is 1.77. The molecule has 122 valence electrons. The zero-order chi connectivity index (χ0) is 17.0. The first kappa shape index (κ1) is 14.0. The van der Waals surface area contributed by atoms with Crippen molar-refractivity contribution in [2.24, 2.45) is 7.05 Å². The first-order valence-corrected chi connectivity index (χ1v) is 8.25. The lowest BCUT2D eigenvalue weighted by Gasteiger charge is -2.07. The summed E-state index contributed by atoms with van der Waals surface area (Å²) in [7, 11) is 2.07. The molecule has 0 saturated heterocycles. The molecule has 0 aliphatic carbocycles. The van der Waals surface area contributed by atoms with Crippen molar-refractivity contribution >= 4 is 21.9 Å². The number of benzene rings is 1. The predicted molar refractivity (Wildman–Crippen MR) is 100 cm³/mol. The van der Waals surface area contributed by atoms with Gasteiger partial charge in [0.1, 0.15) is 11.3 Å². The Kier molecular flexibility index (Phi) is 2.85. The maximum absolute atomic E-state index is 4.61. The van der Waals surface area contributed by atoms with Gasteiger partial charge in [0, 0.05) is 58.7 Å². The highest BCUT2D eigenvalue weighted by atomic mass is 15.1. The fourth-order valence-electron chi connectivity index (χ4n) is 3.58. The van der Waals surface area contributed by atoms with E-state index in [2.05, 4.69) is 69.2 Å². The molecule has 0 saturated carbocycles. The van der Waals surface area contributed by atoms with Crippen molar-refractivity contribution < 1.29 is 0 Å². The van der Waals surface area contributed by atoms with Crippen LogP contribution in [0.4, 0.5) is 0 Å². The van der Waals surface area contributed by atoms with E-state index < -0.39 is 0 Å². The fraction of sp³-hybridized carbons (Fsp3) is 0.100. The second-order valence-electron chi connectivity index (χ2n) is 6.37. The number of nitrogens with one attached hydrogen (secondary N) is 2. The van der Waals surface area contributed by atoms with E-state index in [1.807, 2.05) is 24.5 Å². The van der Waals surface area contributed by atoms with Crippen LogP contribution in [-0.4, -0.2) is 24.7 Å². The molecule has 2 N–H and O–H groups in total. The third-order valence-electron chi connectivity index (χ3n) is 4.84. The van der Waals surface area contributed by atoms with Gasteiger partial charge in [0.15, 0.2) is 0 Å². The van der Waals surface area contributed by atoms with Crippen molar-refractivity contribution in [3.05, 3.63) is 60.7 Å². The van der Waals surface area contributed by atoms with Gasteiger partial charge in [-0.05, 0) is 42.8 Å². The van der Waals surface area contributed by atoms with Crippen molar-refractivity contribution in [3.8, 4) is 22.4 Å². The predicted octanol–water partition coefficient (Wildman–Crippen LogP) is 4.42. The van der Waals surface area contributed by atoms with Gasteiger partial charge in [-0.15, -0.1) is 0 Å². The van der Waals surface area contributed by atoms with E-state index in [9.17, 15) is 0 Å². The number of pyridine rings is 1. The molecule has 0 amide bonds. The number of aryl methyl sites for hydroxylation is 2. The number of fused-ring (bicyclic) bond motifs is 2. The summed E-state index contributed by atoms with van der Waals surface area (Å²) in [6.07, 6.45) is 5.82. The monoisotopic (exact) mass is 327 g/mol. The van der Waals surface area contributed by atoms with Crippen LogP contribution in [-0.2, 0) is 7.05 Å². The van der Waals surface area contributed by atoms with Crippen LogP contribution in [0.25, 0.3) is 44.3 Å². The largest absolute Gasteiger partial charge is 0.351 e. The molecule has 0 bridgehead atoms. The van der Waals surface area contributed by atoms with Crippen molar-refractivity contribution in [1.29, 1.82) is 0 Å². The Morgan fingerprint density at radius 1 is 1.08 bits per heavy atom. The van der Waals surface area contributed by atoms with Crippen LogP contribution in [0.5, 0.6) is 0 Å². The van der Waals surface area contributed by atoms with Crippen LogP contribution in [0.2, 0.25) is 0 Å². The minimum atomic E-state index is 0.877. The van der Waals surface area contributed by atoms with Crippen LogP contribution < -0.4 is 0 Å². The van der Waals surface area contributed by atoms with Gasteiger partial charge in [-0.25, -0.2) is 4.98 Å². The Morgan fingerprint density at radius 2 is 2.00 bits per heavy atom. The average molecular weight is 327 g/mol. The summed E-state index contributed by atoms with van der Waals surface area (Å²) < 4.78 is 2.13. The summed E-state index contributed by atoms with van der Waals surface area (Å²) >= 11 is 0. The van der Waals surface area contributed by atoms with E-state index in [-0.39, 0.29) is 0 Å². The molecule has 0 spiro atoms. The minimum absolute atomic E-state index is 0.877. The molecule has 0 fully saturated rings. The van der Waals surface area contributed by atoms with Crippen molar-refractivity contribution in [1.82, 2.24) is 24.7 Å². The van der Waals surface area contributed by atoms with Gasteiger partial charge in [-0.1, -0.05) is 6.07 Å². The minimum Gasteiger partial charge on any atom is -0.351 e. The lowest BCUT2D eigenvalue weighted by molar-refractivity contribution is 0.969. The van der Waals surface area contributed by atoms with Gasteiger partial charge in [0.2, 0.25) is 0 Å². The van der Waals surface area contributed by atoms with Crippen molar-refractivity contribution in [2.45, 2.75) is 6.92 Å². The highest BCUT2D eigenvalue weighted by Gasteiger charge is 2.17. The molecule has 4 heterocycles. The molecular weight excluding hydrogens is 310 g/mol. The van der Waals surface area contributed by atoms with Gasteiger partial charge >= 0.3 is 0 Å². The molecule has 5 aromatic rings. The number of nitrogens with zero attached hydrogens (tertiary/aromatic N) is 3. The van der Waals surface area contributed by atoms with Crippen LogP contribution in [0.1, 0.15) is 5.69 Å². The average Bonchev–Trinajstić information content (AvgIpc) is 3.33. The SMILES string of the molecule is Cc1[nH]nc(-c2ccnc3[nH]ccc23)c1-c1ccc2c(ccn2C)c1. The van der Waals surface area contributed by atoms with Gasteiger partial charge in [0.05, 0.1) is 0 Å². The molecule has 25 heavy (non-hydrogen) atoms. The van der Waals surface area contributed by atoms with E-state index in [1.54, 1.807) is 0 Å². The van der Waals surface area contributed by atoms with Crippen molar-refractivity contribution in [3.63, 3.8) is 0 Å². The molecule has 0 atom stereocenters. The summed E-state index contributed by atoms with van der Waals surface area (Å²) in [5.41, 5.74) is 7.51. The number of hydrogen-bond acceptors (Lipinski definition) is 2. The molecule has 5 heteroatoms. The molecule has 0 aliphatic rings. The van der Waals surface area contributed by atoms with Gasteiger partial charge < -0.3 is 9.55 Å². The van der Waals surface area contributed by atoms with Gasteiger partial charge in [-0.2, -0.15) is 5.10 Å². The number of rotatable bonds is 2. The summed E-state index contributed by atoms with van der Waals surface area (Å²) in [5.74, 6) is 0. The zero-order valence-electron chi connectivity index (χ0n) is 14.0. The first-order chi connectivity index (χ1) is 12.2. The normalized spacial score (nSPS) is 11.6. The molecule has 0 aliphatic heterocycles. The third kappa shape index (κ3) is 2.02. The number of H-pyrrole nitrogens is 2. The van der Waals surface area contributed by atoms with E-state index in [0.717, 1.165) is 33.5 Å². The lowest BCUT2D eigenvalue weighted by Crippen LogP contribution is -1.88. The van der Waals surface area contributed by atoms with Crippen LogP contribution in [0.3, 0.4) is 0 Å². The molecular formula is C20H17N5. The quantitative estimate of drug-likeness (QED) is 0.504. The summed E-state index contributed by atoms with van der Waals surface area (Å²) in [6.45, 7) is 2.07. The van der Waals surface area contributed by atoms with E-state index in [1.165, 1.54) is 16.5 Å². The second kappa shape index (κ2) is 5.08. The Labute approximate surface area is 144 Å². The summed E-state index contributed by atoms with van der Waals surface area (Å²) in [4.78, 5) is 7.55. The molecule has 0 radical (unpaired) electrons. The van der Waals surface area contributed by atoms with Gasteiger partial charge in [0.25, 0.3) is 0 Å². The molecule has 5 rings (SSSR count).